The van der Waals surface area contributed by atoms with E-state index in [9.17, 15) is 4.79 Å². The second kappa shape index (κ2) is 10.00. The van der Waals surface area contributed by atoms with Crippen LogP contribution in [-0.4, -0.2) is 25.5 Å². The predicted molar refractivity (Wildman–Crippen MR) is 83.1 cm³/mol. The largest absolute Gasteiger partial charge is 0.493 e. The fourth-order valence-electron chi connectivity index (χ4n) is 1.62. The second-order valence-electron chi connectivity index (χ2n) is 4.65. The first-order valence-electron chi connectivity index (χ1n) is 7.32. The van der Waals surface area contributed by atoms with Gasteiger partial charge in [0.15, 0.2) is 6.29 Å². The molecule has 116 valence electrons. The molecule has 1 aromatic rings. The molecule has 0 radical (unpaired) electrons. The molecule has 0 bridgehead atoms. The summed E-state index contributed by atoms with van der Waals surface area (Å²) >= 11 is 0. The number of esters is 1. The van der Waals surface area contributed by atoms with Crippen molar-refractivity contribution in [3.8, 4) is 5.75 Å². The van der Waals surface area contributed by atoms with Gasteiger partial charge in [-0.2, -0.15) is 0 Å². The van der Waals surface area contributed by atoms with Crippen molar-refractivity contribution in [2.45, 2.75) is 39.4 Å². The van der Waals surface area contributed by atoms with Gasteiger partial charge in [-0.05, 0) is 31.0 Å². The molecule has 1 unspecified atom stereocenters. The first-order valence-corrected chi connectivity index (χ1v) is 7.32. The van der Waals surface area contributed by atoms with Crippen LogP contribution in [0, 0.1) is 0 Å². The van der Waals surface area contributed by atoms with E-state index < -0.39 is 6.29 Å². The number of carbonyl (C=O) groups excluding carboxylic acids is 1. The van der Waals surface area contributed by atoms with Crippen LogP contribution in [0.5, 0.6) is 5.75 Å². The van der Waals surface area contributed by atoms with Gasteiger partial charge in [0.1, 0.15) is 5.75 Å². The van der Waals surface area contributed by atoms with E-state index in [4.69, 9.17) is 14.2 Å². The van der Waals surface area contributed by atoms with Gasteiger partial charge in [0.05, 0.1) is 19.6 Å². The highest BCUT2D eigenvalue weighted by molar-refractivity contribution is 5.69. The Morgan fingerprint density at radius 3 is 2.62 bits per heavy atom. The van der Waals surface area contributed by atoms with Crippen LogP contribution in [0.15, 0.2) is 30.8 Å². The smallest absolute Gasteiger partial charge is 0.311 e. The Hall–Kier alpha value is -1.81. The summed E-state index contributed by atoms with van der Waals surface area (Å²) in [5, 5.41) is 0. The van der Waals surface area contributed by atoms with Gasteiger partial charge < -0.3 is 14.2 Å². The molecule has 0 aliphatic heterocycles. The number of hydrogen-bond donors (Lipinski definition) is 0. The number of hydrogen-bond acceptors (Lipinski definition) is 4. The van der Waals surface area contributed by atoms with Gasteiger partial charge in [-0.3, -0.25) is 4.79 Å². The van der Waals surface area contributed by atoms with Crippen molar-refractivity contribution in [1.82, 2.24) is 0 Å². The predicted octanol–water partition coefficient (Wildman–Crippen LogP) is 3.80. The minimum absolute atomic E-state index is 0.199. The van der Waals surface area contributed by atoms with Crippen molar-refractivity contribution < 1.29 is 19.0 Å². The molecule has 4 heteroatoms. The average molecular weight is 292 g/mol. The van der Waals surface area contributed by atoms with Crippen LogP contribution in [0.2, 0.25) is 0 Å². The van der Waals surface area contributed by atoms with Crippen molar-refractivity contribution in [2.24, 2.45) is 0 Å². The fraction of sp³-hybridized carbons (Fsp3) is 0.471. The second-order valence-corrected chi connectivity index (χ2v) is 4.65. The van der Waals surface area contributed by atoms with E-state index in [-0.39, 0.29) is 19.0 Å². The zero-order valence-corrected chi connectivity index (χ0v) is 12.8. The van der Waals surface area contributed by atoms with Crippen LogP contribution < -0.4 is 4.74 Å². The number of unbranched alkanes of at least 4 members (excludes halogenated alkanes) is 1. The topological polar surface area (TPSA) is 44.8 Å². The van der Waals surface area contributed by atoms with Crippen LogP contribution >= 0.6 is 0 Å². The molecular weight excluding hydrogens is 268 g/mol. The molecule has 0 heterocycles. The molecule has 4 nitrogen and oxygen atoms in total. The maximum atomic E-state index is 11.6. The Bertz CT molecular complexity index is 425. The minimum Gasteiger partial charge on any atom is -0.493 e. The van der Waals surface area contributed by atoms with Gasteiger partial charge in [-0.25, -0.2) is 0 Å². The van der Waals surface area contributed by atoms with Crippen LogP contribution in [0.4, 0.5) is 0 Å². The fourth-order valence-corrected chi connectivity index (χ4v) is 1.62. The summed E-state index contributed by atoms with van der Waals surface area (Å²) in [5.41, 5.74) is 1.03. The first kappa shape index (κ1) is 17.2. The van der Waals surface area contributed by atoms with Crippen molar-refractivity contribution >= 4 is 12.0 Å². The quantitative estimate of drug-likeness (QED) is 0.374. The third-order valence-corrected chi connectivity index (χ3v) is 2.84. The number of carbonyl (C=O) groups is 1. The van der Waals surface area contributed by atoms with E-state index in [1.54, 1.807) is 13.0 Å². The van der Waals surface area contributed by atoms with Crippen LogP contribution in [0.25, 0.3) is 6.08 Å². The first-order chi connectivity index (χ1) is 10.2. The lowest BCUT2D eigenvalue weighted by atomic mass is 10.2. The van der Waals surface area contributed by atoms with Gasteiger partial charge in [-0.1, -0.05) is 38.1 Å². The highest BCUT2D eigenvalue weighted by Gasteiger charge is 2.09. The van der Waals surface area contributed by atoms with E-state index in [1.165, 1.54) is 0 Å². The van der Waals surface area contributed by atoms with Crippen LogP contribution in [0.1, 0.15) is 38.7 Å². The summed E-state index contributed by atoms with van der Waals surface area (Å²) in [5.74, 6) is 0.405. The van der Waals surface area contributed by atoms with E-state index in [0.29, 0.717) is 6.61 Å². The van der Waals surface area contributed by atoms with Crippen molar-refractivity contribution in [3.05, 3.63) is 36.4 Å². The van der Waals surface area contributed by atoms with Gasteiger partial charge >= 0.3 is 5.97 Å². The molecule has 0 aliphatic rings. The molecule has 0 aromatic heterocycles. The molecule has 1 aromatic carbocycles. The Kier molecular flexibility index (Phi) is 8.21. The van der Waals surface area contributed by atoms with E-state index in [1.807, 2.05) is 24.3 Å². The molecule has 0 fully saturated rings. The summed E-state index contributed by atoms with van der Waals surface area (Å²) in [6.45, 7) is 8.39. The molecule has 0 saturated heterocycles. The number of benzene rings is 1. The molecule has 0 aliphatic carbocycles. The normalized spacial score (nSPS) is 11.7. The molecule has 1 atom stereocenters. The van der Waals surface area contributed by atoms with Crippen molar-refractivity contribution in [3.63, 3.8) is 0 Å². The molecular formula is C17H24O4. The van der Waals surface area contributed by atoms with Crippen molar-refractivity contribution in [2.75, 3.05) is 13.2 Å². The van der Waals surface area contributed by atoms with E-state index in [2.05, 4.69) is 13.5 Å². The van der Waals surface area contributed by atoms with Crippen molar-refractivity contribution in [1.29, 1.82) is 0 Å². The van der Waals surface area contributed by atoms with Gasteiger partial charge in [-0.15, -0.1) is 0 Å². The maximum Gasteiger partial charge on any atom is 0.311 e. The Balaban J connectivity index is 2.18. The molecule has 0 saturated carbocycles. The summed E-state index contributed by atoms with van der Waals surface area (Å²) in [6.07, 6.45) is 3.48. The average Bonchev–Trinajstić information content (AvgIpc) is 2.48. The molecule has 0 N–H and O–H groups in total. The highest BCUT2D eigenvalue weighted by Crippen LogP contribution is 2.13. The minimum atomic E-state index is -0.504. The zero-order valence-electron chi connectivity index (χ0n) is 12.8. The summed E-state index contributed by atoms with van der Waals surface area (Å²) in [7, 11) is 0. The van der Waals surface area contributed by atoms with Crippen LogP contribution in [0.3, 0.4) is 0 Å². The number of ether oxygens (including phenoxy) is 3. The Morgan fingerprint density at radius 2 is 2.00 bits per heavy atom. The summed E-state index contributed by atoms with van der Waals surface area (Å²) < 4.78 is 15.9. The third kappa shape index (κ3) is 7.51. The molecule has 21 heavy (non-hydrogen) atoms. The lowest BCUT2D eigenvalue weighted by molar-refractivity contribution is -0.175. The highest BCUT2D eigenvalue weighted by atomic mass is 16.7. The van der Waals surface area contributed by atoms with E-state index >= 15 is 0 Å². The van der Waals surface area contributed by atoms with Gasteiger partial charge in [0.25, 0.3) is 0 Å². The Labute approximate surface area is 126 Å². The number of rotatable bonds is 10. The Morgan fingerprint density at radius 1 is 1.29 bits per heavy atom. The summed E-state index contributed by atoms with van der Waals surface area (Å²) in [4.78, 5) is 11.6. The monoisotopic (exact) mass is 292 g/mol. The van der Waals surface area contributed by atoms with Crippen LogP contribution in [-0.2, 0) is 14.3 Å². The molecule has 0 spiro atoms. The lowest BCUT2D eigenvalue weighted by Crippen LogP contribution is -2.20. The molecule has 1 rings (SSSR count). The van der Waals surface area contributed by atoms with E-state index in [0.717, 1.165) is 24.2 Å². The SMILES string of the molecule is C=Cc1ccc(OCCC(=O)OC(C)OCCCC)cc1. The lowest BCUT2D eigenvalue weighted by Gasteiger charge is -2.14. The maximum absolute atomic E-state index is 11.6. The zero-order chi connectivity index (χ0) is 15.5. The summed E-state index contributed by atoms with van der Waals surface area (Å²) in [6, 6.07) is 7.51. The van der Waals surface area contributed by atoms with Gasteiger partial charge in [0.2, 0.25) is 0 Å². The van der Waals surface area contributed by atoms with Gasteiger partial charge in [0, 0.05) is 0 Å². The standard InChI is InChI=1S/C17H24O4/c1-4-6-12-19-14(3)21-17(18)11-13-20-16-9-7-15(5-2)8-10-16/h5,7-10,14H,2,4,6,11-13H2,1,3H3. The third-order valence-electron chi connectivity index (χ3n) is 2.84. The molecule has 0 amide bonds.